The molecule has 2 aliphatic rings. The van der Waals surface area contributed by atoms with Crippen molar-refractivity contribution in [2.75, 3.05) is 13.7 Å². The molecule has 2 aromatic carbocycles. The van der Waals surface area contributed by atoms with Crippen molar-refractivity contribution in [2.24, 2.45) is 11.3 Å². The number of carbonyl (C=O) groups is 2. The van der Waals surface area contributed by atoms with Crippen molar-refractivity contribution in [1.29, 1.82) is 0 Å². The van der Waals surface area contributed by atoms with Gasteiger partial charge in [0.1, 0.15) is 0 Å². The van der Waals surface area contributed by atoms with Crippen LogP contribution in [-0.2, 0) is 16.6 Å². The van der Waals surface area contributed by atoms with Gasteiger partial charge in [0, 0.05) is 12.1 Å². The van der Waals surface area contributed by atoms with E-state index in [1.165, 1.54) is 19.1 Å². The third-order valence-electron chi connectivity index (χ3n) is 8.31. The number of ether oxygens (including phenoxy) is 1. The van der Waals surface area contributed by atoms with Crippen LogP contribution in [0.25, 0.3) is 0 Å². The van der Waals surface area contributed by atoms with Crippen LogP contribution in [0.3, 0.4) is 0 Å². The Morgan fingerprint density at radius 2 is 1.76 bits per heavy atom. The van der Waals surface area contributed by atoms with Crippen LogP contribution in [0.1, 0.15) is 96.7 Å². The summed E-state index contributed by atoms with van der Waals surface area (Å²) in [5.74, 6) is 0.728. The Morgan fingerprint density at radius 1 is 1.06 bits per heavy atom. The van der Waals surface area contributed by atoms with Gasteiger partial charge in [0.25, 0.3) is 5.91 Å². The molecule has 0 bridgehead atoms. The monoisotopic (exact) mass is 447 g/mol. The Morgan fingerprint density at radius 3 is 2.42 bits per heavy atom. The Kier molecular flexibility index (Phi) is 6.39. The van der Waals surface area contributed by atoms with Gasteiger partial charge in [0.05, 0.1) is 12.7 Å². The predicted octanol–water partition coefficient (Wildman–Crippen LogP) is 6.04. The molecular weight excluding hydrogens is 410 g/mol. The number of amides is 1. The Hall–Kier alpha value is -2.62. The molecule has 4 nitrogen and oxygen atoms in total. The highest BCUT2D eigenvalue weighted by molar-refractivity contribution is 5.96. The number of fused-ring (bicyclic) bond motifs is 3. The van der Waals surface area contributed by atoms with E-state index in [0.29, 0.717) is 29.5 Å². The zero-order valence-electron chi connectivity index (χ0n) is 20.7. The molecule has 2 aromatic rings. The van der Waals surface area contributed by atoms with Crippen LogP contribution in [0.4, 0.5) is 0 Å². The molecule has 176 valence electrons. The van der Waals surface area contributed by atoms with E-state index in [4.69, 9.17) is 4.74 Å². The number of carbonyl (C=O) groups excluding carboxylic acids is 2. The SMILES string of the molecule is COC(=O)c1ccc(C(=O)NC[C@]2(C)CC[C@]3(C)c4ccc(C(C)C)cc4CC[C@H]3C2)cc1. The average Bonchev–Trinajstić information content (AvgIpc) is 2.82. The predicted molar refractivity (Wildman–Crippen MR) is 132 cm³/mol. The van der Waals surface area contributed by atoms with Crippen molar-refractivity contribution in [1.82, 2.24) is 5.32 Å². The first-order valence-electron chi connectivity index (χ1n) is 12.2. The van der Waals surface area contributed by atoms with Crippen molar-refractivity contribution >= 4 is 11.9 Å². The van der Waals surface area contributed by atoms with Crippen LogP contribution < -0.4 is 5.32 Å². The van der Waals surface area contributed by atoms with Crippen LogP contribution in [-0.4, -0.2) is 25.5 Å². The van der Waals surface area contributed by atoms with E-state index < -0.39 is 5.97 Å². The summed E-state index contributed by atoms with van der Waals surface area (Å²) in [6.07, 6.45) is 5.78. The number of esters is 1. The van der Waals surface area contributed by atoms with Gasteiger partial charge in [0.2, 0.25) is 0 Å². The van der Waals surface area contributed by atoms with Gasteiger partial charge in [-0.1, -0.05) is 45.9 Å². The molecule has 0 heterocycles. The molecule has 4 rings (SSSR count). The minimum absolute atomic E-state index is 0.0869. The molecule has 33 heavy (non-hydrogen) atoms. The van der Waals surface area contributed by atoms with Gasteiger partial charge in [-0.25, -0.2) is 4.79 Å². The summed E-state index contributed by atoms with van der Waals surface area (Å²) in [5, 5.41) is 3.16. The highest BCUT2D eigenvalue weighted by atomic mass is 16.5. The lowest BCUT2D eigenvalue weighted by Crippen LogP contribution is -2.48. The number of hydrogen-bond acceptors (Lipinski definition) is 3. The van der Waals surface area contributed by atoms with E-state index >= 15 is 0 Å². The van der Waals surface area contributed by atoms with E-state index in [1.807, 2.05) is 0 Å². The molecule has 3 atom stereocenters. The zero-order valence-corrected chi connectivity index (χ0v) is 20.7. The van der Waals surface area contributed by atoms with Crippen LogP contribution in [0.15, 0.2) is 42.5 Å². The second-order valence-electron chi connectivity index (χ2n) is 11.0. The number of aryl methyl sites for hydroxylation is 1. The van der Waals surface area contributed by atoms with Gasteiger partial charge in [-0.2, -0.15) is 0 Å². The number of methoxy groups -OCH3 is 1. The lowest BCUT2D eigenvalue weighted by Gasteiger charge is -2.52. The molecule has 0 saturated heterocycles. The summed E-state index contributed by atoms with van der Waals surface area (Å²) in [6, 6.07) is 13.8. The van der Waals surface area contributed by atoms with Crippen LogP contribution in [0.5, 0.6) is 0 Å². The Balaban J connectivity index is 1.42. The molecule has 1 fully saturated rings. The van der Waals surface area contributed by atoms with Gasteiger partial charge in [-0.3, -0.25) is 4.79 Å². The second kappa shape index (κ2) is 8.96. The van der Waals surface area contributed by atoms with Crippen LogP contribution in [0, 0.1) is 11.3 Å². The molecule has 0 aliphatic heterocycles. The number of hydrogen-bond donors (Lipinski definition) is 1. The fourth-order valence-electron chi connectivity index (χ4n) is 5.96. The van der Waals surface area contributed by atoms with Gasteiger partial charge >= 0.3 is 5.97 Å². The summed E-state index contributed by atoms with van der Waals surface area (Å²) in [4.78, 5) is 24.4. The van der Waals surface area contributed by atoms with Gasteiger partial charge in [-0.15, -0.1) is 0 Å². The summed E-state index contributed by atoms with van der Waals surface area (Å²) >= 11 is 0. The maximum Gasteiger partial charge on any atom is 0.337 e. The third kappa shape index (κ3) is 4.58. The normalized spacial score (nSPS) is 26.3. The molecule has 0 spiro atoms. The number of nitrogens with one attached hydrogen (secondary N) is 1. The molecule has 0 unspecified atom stereocenters. The molecule has 4 heteroatoms. The first kappa shape index (κ1) is 23.5. The fraction of sp³-hybridized carbons (Fsp3) is 0.517. The molecule has 1 saturated carbocycles. The molecule has 1 amide bonds. The van der Waals surface area contributed by atoms with E-state index in [-0.39, 0.29) is 16.7 Å². The van der Waals surface area contributed by atoms with Crippen LogP contribution in [0.2, 0.25) is 0 Å². The number of rotatable bonds is 5. The summed E-state index contributed by atoms with van der Waals surface area (Å²) in [6.45, 7) is 10.00. The Bertz CT molecular complexity index is 1040. The summed E-state index contributed by atoms with van der Waals surface area (Å²) in [5.41, 5.74) is 5.90. The second-order valence-corrected chi connectivity index (χ2v) is 11.0. The lowest BCUT2D eigenvalue weighted by molar-refractivity contribution is 0.0600. The lowest BCUT2D eigenvalue weighted by atomic mass is 9.53. The third-order valence-corrected chi connectivity index (χ3v) is 8.31. The highest BCUT2D eigenvalue weighted by Gasteiger charge is 2.47. The Labute approximate surface area is 198 Å². The first-order valence-corrected chi connectivity index (χ1v) is 12.2. The maximum atomic E-state index is 12.7. The summed E-state index contributed by atoms with van der Waals surface area (Å²) in [7, 11) is 1.35. The van der Waals surface area contributed by atoms with Crippen molar-refractivity contribution < 1.29 is 14.3 Å². The molecular formula is C29H37NO3. The minimum atomic E-state index is -0.394. The molecule has 0 aromatic heterocycles. The van der Waals surface area contributed by atoms with E-state index in [9.17, 15) is 9.59 Å². The van der Waals surface area contributed by atoms with Gasteiger partial charge in [0.15, 0.2) is 0 Å². The first-order chi connectivity index (χ1) is 15.6. The van der Waals surface area contributed by atoms with Gasteiger partial charge in [-0.05, 0) is 95.7 Å². The maximum absolute atomic E-state index is 12.7. The topological polar surface area (TPSA) is 55.4 Å². The number of benzene rings is 2. The van der Waals surface area contributed by atoms with E-state index in [0.717, 1.165) is 25.7 Å². The van der Waals surface area contributed by atoms with Crippen molar-refractivity contribution in [3.63, 3.8) is 0 Å². The van der Waals surface area contributed by atoms with Crippen LogP contribution >= 0.6 is 0 Å². The minimum Gasteiger partial charge on any atom is -0.465 e. The van der Waals surface area contributed by atoms with Gasteiger partial charge < -0.3 is 10.1 Å². The standard InChI is InChI=1S/C29H37NO3/c1-19(2)22-11-13-25-23(16-22)10-12-24-17-28(3,14-15-29(24,25)4)18-30-26(31)20-6-8-21(9-7-20)27(32)33-5/h6-9,11,13,16,19,24H,10,12,14-15,17-18H2,1-5H3,(H,30,31)/t24-,28+,29-/m0/s1. The smallest absolute Gasteiger partial charge is 0.337 e. The molecule has 1 N–H and O–H groups in total. The largest absolute Gasteiger partial charge is 0.465 e. The quantitative estimate of drug-likeness (QED) is 0.569. The van der Waals surface area contributed by atoms with E-state index in [1.54, 1.807) is 35.4 Å². The molecule has 0 radical (unpaired) electrons. The zero-order chi connectivity index (χ0) is 23.8. The average molecular weight is 448 g/mol. The van der Waals surface area contributed by atoms with E-state index in [2.05, 4.69) is 51.2 Å². The summed E-state index contributed by atoms with van der Waals surface area (Å²) < 4.78 is 4.73. The highest BCUT2D eigenvalue weighted by Crippen LogP contribution is 2.54. The van der Waals surface area contributed by atoms with Crippen molar-refractivity contribution in [2.45, 2.75) is 71.1 Å². The van der Waals surface area contributed by atoms with Crippen molar-refractivity contribution in [3.8, 4) is 0 Å². The molecule has 2 aliphatic carbocycles. The fourth-order valence-corrected chi connectivity index (χ4v) is 5.96. The van der Waals surface area contributed by atoms with Crippen molar-refractivity contribution in [3.05, 3.63) is 70.3 Å².